The van der Waals surface area contributed by atoms with Crippen molar-refractivity contribution in [1.82, 2.24) is 14.9 Å². The van der Waals surface area contributed by atoms with Crippen molar-refractivity contribution in [1.29, 1.82) is 0 Å². The first kappa shape index (κ1) is 13.2. The van der Waals surface area contributed by atoms with Gasteiger partial charge >= 0.3 is 0 Å². The highest BCUT2D eigenvalue weighted by Gasteiger charge is 2.20. The predicted molar refractivity (Wildman–Crippen MR) is 73.5 cm³/mol. The first-order chi connectivity index (χ1) is 8.83. The van der Waals surface area contributed by atoms with E-state index in [1.807, 2.05) is 6.07 Å². The highest BCUT2D eigenvalue weighted by molar-refractivity contribution is 5.29. The zero-order valence-electron chi connectivity index (χ0n) is 11.1. The average Bonchev–Trinajstić information content (AvgIpc) is 2.46. The number of aromatic nitrogens is 2. The Morgan fingerprint density at radius 1 is 1.22 bits per heavy atom. The number of hydrogen-bond donors (Lipinski definition) is 1. The van der Waals surface area contributed by atoms with E-state index in [0.29, 0.717) is 5.92 Å². The number of hydrogen-bond acceptors (Lipinski definition) is 5. The standard InChI is InChI=1S/C13H23N5/c1-2-12(10-14)11-17-6-8-18(9-7-17)13-15-4-3-5-16-13/h3-5,12H,2,6-11,14H2,1H3. The summed E-state index contributed by atoms with van der Waals surface area (Å²) in [5.41, 5.74) is 5.76. The predicted octanol–water partition coefficient (Wildman–Crippen LogP) is 0.584. The Morgan fingerprint density at radius 2 is 1.89 bits per heavy atom. The molecule has 0 aromatic carbocycles. The molecule has 0 aliphatic carbocycles. The Balaban J connectivity index is 1.81. The summed E-state index contributed by atoms with van der Waals surface area (Å²) in [6.45, 7) is 8.29. The topological polar surface area (TPSA) is 58.3 Å². The van der Waals surface area contributed by atoms with Gasteiger partial charge in [0.25, 0.3) is 0 Å². The molecule has 1 aromatic rings. The van der Waals surface area contributed by atoms with Crippen LogP contribution in [-0.2, 0) is 0 Å². The van der Waals surface area contributed by atoms with E-state index in [0.717, 1.165) is 45.2 Å². The Kier molecular flexibility index (Phi) is 4.90. The van der Waals surface area contributed by atoms with Crippen LogP contribution in [0.5, 0.6) is 0 Å². The number of rotatable bonds is 5. The maximum atomic E-state index is 5.76. The van der Waals surface area contributed by atoms with Crippen LogP contribution in [0.2, 0.25) is 0 Å². The van der Waals surface area contributed by atoms with Crippen LogP contribution < -0.4 is 10.6 Å². The average molecular weight is 249 g/mol. The lowest BCUT2D eigenvalue weighted by Crippen LogP contribution is -2.48. The van der Waals surface area contributed by atoms with E-state index in [1.165, 1.54) is 6.42 Å². The van der Waals surface area contributed by atoms with Gasteiger partial charge in [-0.3, -0.25) is 4.90 Å². The molecule has 1 fully saturated rings. The van der Waals surface area contributed by atoms with E-state index in [9.17, 15) is 0 Å². The minimum atomic E-state index is 0.629. The van der Waals surface area contributed by atoms with Gasteiger partial charge in [0.1, 0.15) is 0 Å². The Morgan fingerprint density at radius 3 is 2.44 bits per heavy atom. The summed E-state index contributed by atoms with van der Waals surface area (Å²) in [4.78, 5) is 13.3. The third-order valence-corrected chi connectivity index (χ3v) is 3.63. The molecule has 2 heterocycles. The molecule has 0 radical (unpaired) electrons. The van der Waals surface area contributed by atoms with Gasteiger partial charge in [0.15, 0.2) is 0 Å². The van der Waals surface area contributed by atoms with Gasteiger partial charge in [0.05, 0.1) is 0 Å². The fraction of sp³-hybridized carbons (Fsp3) is 0.692. The van der Waals surface area contributed by atoms with Gasteiger partial charge in [-0.05, 0) is 18.5 Å². The van der Waals surface area contributed by atoms with E-state index >= 15 is 0 Å². The van der Waals surface area contributed by atoms with Crippen molar-refractivity contribution in [2.45, 2.75) is 13.3 Å². The second-order valence-electron chi connectivity index (χ2n) is 4.85. The van der Waals surface area contributed by atoms with Crippen LogP contribution in [0.3, 0.4) is 0 Å². The fourth-order valence-electron chi connectivity index (χ4n) is 2.32. The lowest BCUT2D eigenvalue weighted by molar-refractivity contribution is 0.217. The molecular weight excluding hydrogens is 226 g/mol. The van der Waals surface area contributed by atoms with Crippen molar-refractivity contribution in [3.05, 3.63) is 18.5 Å². The molecule has 2 N–H and O–H groups in total. The molecule has 5 nitrogen and oxygen atoms in total. The molecule has 100 valence electrons. The first-order valence-corrected chi connectivity index (χ1v) is 6.78. The molecule has 0 spiro atoms. The van der Waals surface area contributed by atoms with Gasteiger partial charge in [-0.2, -0.15) is 0 Å². The van der Waals surface area contributed by atoms with E-state index in [4.69, 9.17) is 5.73 Å². The van der Waals surface area contributed by atoms with Gasteiger partial charge in [0.2, 0.25) is 5.95 Å². The summed E-state index contributed by atoms with van der Waals surface area (Å²) in [7, 11) is 0. The summed E-state index contributed by atoms with van der Waals surface area (Å²) in [5, 5.41) is 0. The number of piperazine rings is 1. The summed E-state index contributed by atoms with van der Waals surface area (Å²) in [5.74, 6) is 1.48. The molecule has 1 aliphatic heterocycles. The Bertz CT molecular complexity index is 330. The van der Waals surface area contributed by atoms with Gasteiger partial charge in [-0.15, -0.1) is 0 Å². The molecule has 0 bridgehead atoms. The van der Waals surface area contributed by atoms with Gasteiger partial charge < -0.3 is 10.6 Å². The highest BCUT2D eigenvalue weighted by Crippen LogP contribution is 2.11. The maximum absolute atomic E-state index is 5.76. The summed E-state index contributed by atoms with van der Waals surface area (Å²) in [6.07, 6.45) is 4.77. The molecule has 1 aliphatic rings. The van der Waals surface area contributed by atoms with Crippen LogP contribution in [0.25, 0.3) is 0 Å². The van der Waals surface area contributed by atoms with Crippen LogP contribution in [0.4, 0.5) is 5.95 Å². The molecule has 1 aromatic heterocycles. The van der Waals surface area contributed by atoms with Crippen LogP contribution in [0.1, 0.15) is 13.3 Å². The third kappa shape index (κ3) is 3.40. The van der Waals surface area contributed by atoms with Gasteiger partial charge in [-0.25, -0.2) is 9.97 Å². The first-order valence-electron chi connectivity index (χ1n) is 6.78. The normalized spacial score (nSPS) is 18.9. The van der Waals surface area contributed by atoms with Crippen molar-refractivity contribution in [2.75, 3.05) is 44.2 Å². The number of nitrogens with two attached hydrogens (primary N) is 1. The zero-order valence-corrected chi connectivity index (χ0v) is 11.1. The maximum Gasteiger partial charge on any atom is 0.225 e. The highest BCUT2D eigenvalue weighted by atomic mass is 15.3. The third-order valence-electron chi connectivity index (χ3n) is 3.63. The summed E-state index contributed by atoms with van der Waals surface area (Å²) >= 11 is 0. The number of anilines is 1. The van der Waals surface area contributed by atoms with E-state index in [-0.39, 0.29) is 0 Å². The van der Waals surface area contributed by atoms with Crippen molar-refractivity contribution < 1.29 is 0 Å². The zero-order chi connectivity index (χ0) is 12.8. The van der Waals surface area contributed by atoms with Crippen molar-refractivity contribution >= 4 is 5.95 Å². The van der Waals surface area contributed by atoms with E-state index in [2.05, 4.69) is 26.7 Å². The van der Waals surface area contributed by atoms with Crippen molar-refractivity contribution in [3.8, 4) is 0 Å². The minimum Gasteiger partial charge on any atom is -0.338 e. The monoisotopic (exact) mass is 249 g/mol. The van der Waals surface area contributed by atoms with Gasteiger partial charge in [0, 0.05) is 45.1 Å². The van der Waals surface area contributed by atoms with Crippen molar-refractivity contribution in [3.63, 3.8) is 0 Å². The summed E-state index contributed by atoms with van der Waals surface area (Å²) in [6, 6.07) is 1.85. The molecule has 2 rings (SSSR count). The fourth-order valence-corrected chi connectivity index (χ4v) is 2.32. The van der Waals surface area contributed by atoms with Crippen LogP contribution in [-0.4, -0.2) is 54.1 Å². The SMILES string of the molecule is CCC(CN)CN1CCN(c2ncccn2)CC1. The van der Waals surface area contributed by atoms with Crippen LogP contribution in [0.15, 0.2) is 18.5 Å². The van der Waals surface area contributed by atoms with Crippen LogP contribution in [0, 0.1) is 5.92 Å². The smallest absolute Gasteiger partial charge is 0.225 e. The summed E-state index contributed by atoms with van der Waals surface area (Å²) < 4.78 is 0. The minimum absolute atomic E-state index is 0.629. The molecule has 1 atom stereocenters. The number of nitrogens with zero attached hydrogens (tertiary/aromatic N) is 4. The second-order valence-corrected chi connectivity index (χ2v) is 4.85. The van der Waals surface area contributed by atoms with Crippen molar-refractivity contribution in [2.24, 2.45) is 11.7 Å². The Labute approximate surface area is 109 Å². The lowest BCUT2D eigenvalue weighted by atomic mass is 10.1. The van der Waals surface area contributed by atoms with Crippen LogP contribution >= 0.6 is 0 Å². The van der Waals surface area contributed by atoms with E-state index < -0.39 is 0 Å². The van der Waals surface area contributed by atoms with Gasteiger partial charge in [-0.1, -0.05) is 13.3 Å². The molecule has 0 amide bonds. The molecule has 18 heavy (non-hydrogen) atoms. The molecular formula is C13H23N5. The molecule has 1 saturated heterocycles. The second kappa shape index (κ2) is 6.66. The quantitative estimate of drug-likeness (QED) is 0.827. The largest absolute Gasteiger partial charge is 0.338 e. The molecule has 1 unspecified atom stereocenters. The molecule has 0 saturated carbocycles. The lowest BCUT2D eigenvalue weighted by Gasteiger charge is -2.36. The Hall–Kier alpha value is -1.20. The van der Waals surface area contributed by atoms with E-state index in [1.54, 1.807) is 12.4 Å². The molecule has 5 heteroatoms.